The van der Waals surface area contributed by atoms with Gasteiger partial charge in [-0.25, -0.2) is 0 Å². The lowest BCUT2D eigenvalue weighted by atomic mass is 9.81. The van der Waals surface area contributed by atoms with Crippen LogP contribution in [0.15, 0.2) is 47.4 Å². The van der Waals surface area contributed by atoms with Crippen LogP contribution in [0.3, 0.4) is 0 Å². The van der Waals surface area contributed by atoms with E-state index >= 15 is 0 Å². The Morgan fingerprint density at radius 2 is 1.96 bits per heavy atom. The first-order chi connectivity index (χ1) is 11.4. The molecule has 0 fully saturated rings. The van der Waals surface area contributed by atoms with E-state index in [1.807, 2.05) is 30.0 Å². The number of H-pyrrole nitrogens is 1. The summed E-state index contributed by atoms with van der Waals surface area (Å²) in [5, 5.41) is 1.09. The van der Waals surface area contributed by atoms with Gasteiger partial charge in [0.15, 0.2) is 5.78 Å². The number of Topliss-reactive ketones (excluding diaryl/α,β-unsaturated/α-hetero) is 1. The summed E-state index contributed by atoms with van der Waals surface area (Å²) in [6.45, 7) is 6.28. The number of carbonyl (C=O) groups is 1. The Balaban J connectivity index is 1.81. The number of fused-ring (bicyclic) bond motifs is 2. The fraction of sp³-hybridized carbons (Fsp3) is 0.286. The summed E-state index contributed by atoms with van der Waals surface area (Å²) >= 11 is 1.96. The number of thioether (sulfide) groups is 1. The van der Waals surface area contributed by atoms with Crippen LogP contribution >= 0.6 is 11.8 Å². The van der Waals surface area contributed by atoms with Crippen molar-refractivity contribution in [3.05, 3.63) is 53.6 Å². The largest absolute Gasteiger partial charge is 0.355 e. The van der Waals surface area contributed by atoms with Crippen LogP contribution < -0.4 is 0 Å². The number of hydrogen-bond acceptors (Lipinski definition) is 2. The molecular formula is C21H21NOS. The van der Waals surface area contributed by atoms with E-state index in [1.165, 1.54) is 28.2 Å². The van der Waals surface area contributed by atoms with E-state index in [9.17, 15) is 4.79 Å². The summed E-state index contributed by atoms with van der Waals surface area (Å²) in [6, 6.07) is 14.8. The summed E-state index contributed by atoms with van der Waals surface area (Å²) in [5.41, 5.74) is 5.83. The summed E-state index contributed by atoms with van der Waals surface area (Å²) in [7, 11) is 0. The molecule has 3 aromatic rings. The average molecular weight is 335 g/mol. The lowest BCUT2D eigenvalue weighted by Gasteiger charge is -2.32. The van der Waals surface area contributed by atoms with Crippen LogP contribution in [-0.4, -0.2) is 16.5 Å². The number of benzene rings is 2. The van der Waals surface area contributed by atoms with E-state index in [2.05, 4.69) is 43.1 Å². The minimum Gasteiger partial charge on any atom is -0.355 e. The van der Waals surface area contributed by atoms with Gasteiger partial charge in [0.2, 0.25) is 0 Å². The molecule has 2 aromatic carbocycles. The van der Waals surface area contributed by atoms with Crippen LogP contribution in [0.25, 0.3) is 22.2 Å². The van der Waals surface area contributed by atoms with Crippen molar-refractivity contribution in [2.45, 2.75) is 37.5 Å². The van der Waals surface area contributed by atoms with Gasteiger partial charge < -0.3 is 4.98 Å². The van der Waals surface area contributed by atoms with Crippen LogP contribution in [0.4, 0.5) is 0 Å². The zero-order valence-electron chi connectivity index (χ0n) is 14.3. The number of aromatic amines is 1. The fourth-order valence-electron chi connectivity index (χ4n) is 3.41. The second-order valence-electron chi connectivity index (χ2n) is 7.23. The highest BCUT2D eigenvalue weighted by molar-refractivity contribution is 7.99. The number of carbonyl (C=O) groups excluding carboxylic acids is 1. The second-order valence-corrected chi connectivity index (χ2v) is 8.37. The standard InChI is InChI=1S/C21H21NOS/c1-13(23)14-4-6-18-16(10-14)12-19(22-18)15-5-7-20-17(11-15)21(2,3)8-9-24-20/h4-7,10-12,22H,8-9H2,1-3H3. The summed E-state index contributed by atoms with van der Waals surface area (Å²) in [6.07, 6.45) is 1.21. The third-order valence-electron chi connectivity index (χ3n) is 5.03. The van der Waals surface area contributed by atoms with E-state index in [-0.39, 0.29) is 11.2 Å². The van der Waals surface area contributed by atoms with Crippen molar-refractivity contribution in [1.82, 2.24) is 4.98 Å². The Morgan fingerprint density at radius 3 is 2.75 bits per heavy atom. The molecule has 1 aliphatic heterocycles. The maximum Gasteiger partial charge on any atom is 0.159 e. The first-order valence-electron chi connectivity index (χ1n) is 8.35. The highest BCUT2D eigenvalue weighted by Gasteiger charge is 2.28. The topological polar surface area (TPSA) is 32.9 Å². The fourth-order valence-corrected chi connectivity index (χ4v) is 4.90. The number of aromatic nitrogens is 1. The van der Waals surface area contributed by atoms with E-state index < -0.39 is 0 Å². The maximum absolute atomic E-state index is 11.6. The highest BCUT2D eigenvalue weighted by Crippen LogP contribution is 2.43. The molecule has 1 aromatic heterocycles. The average Bonchev–Trinajstić information content (AvgIpc) is 2.97. The van der Waals surface area contributed by atoms with E-state index in [0.29, 0.717) is 0 Å². The van der Waals surface area contributed by atoms with Crippen LogP contribution in [0.2, 0.25) is 0 Å². The van der Waals surface area contributed by atoms with Crippen molar-refractivity contribution >= 4 is 28.4 Å². The van der Waals surface area contributed by atoms with Gasteiger partial charge in [-0.05, 0) is 72.0 Å². The van der Waals surface area contributed by atoms with E-state index in [0.717, 1.165) is 22.2 Å². The predicted octanol–water partition coefficient (Wildman–Crippen LogP) is 5.81. The molecule has 0 spiro atoms. The first-order valence-corrected chi connectivity index (χ1v) is 9.34. The highest BCUT2D eigenvalue weighted by atomic mass is 32.2. The third-order valence-corrected chi connectivity index (χ3v) is 6.11. The molecule has 0 radical (unpaired) electrons. The monoisotopic (exact) mass is 335 g/mol. The Hall–Kier alpha value is -2.00. The molecule has 0 bridgehead atoms. The Morgan fingerprint density at radius 1 is 1.12 bits per heavy atom. The van der Waals surface area contributed by atoms with Crippen molar-refractivity contribution in [2.75, 3.05) is 5.75 Å². The molecule has 0 atom stereocenters. The van der Waals surface area contributed by atoms with Gasteiger partial charge in [-0.2, -0.15) is 0 Å². The summed E-state index contributed by atoms with van der Waals surface area (Å²) in [4.78, 5) is 16.5. The Bertz CT molecular complexity index is 952. The van der Waals surface area contributed by atoms with Gasteiger partial charge in [0.1, 0.15) is 0 Å². The number of hydrogen-bond donors (Lipinski definition) is 1. The van der Waals surface area contributed by atoms with Crippen LogP contribution in [0.5, 0.6) is 0 Å². The quantitative estimate of drug-likeness (QED) is 0.599. The molecule has 0 saturated heterocycles. The lowest BCUT2D eigenvalue weighted by molar-refractivity contribution is 0.101. The van der Waals surface area contributed by atoms with Crippen molar-refractivity contribution in [2.24, 2.45) is 0 Å². The van der Waals surface area contributed by atoms with Gasteiger partial charge in [0.25, 0.3) is 0 Å². The smallest absolute Gasteiger partial charge is 0.159 e. The summed E-state index contributed by atoms with van der Waals surface area (Å²) < 4.78 is 0. The van der Waals surface area contributed by atoms with Crippen molar-refractivity contribution in [3.8, 4) is 11.3 Å². The Kier molecular flexibility index (Phi) is 3.57. The second kappa shape index (κ2) is 5.52. The normalized spacial score (nSPS) is 16.1. The third kappa shape index (κ3) is 2.57. The minimum absolute atomic E-state index is 0.104. The predicted molar refractivity (Wildman–Crippen MR) is 102 cm³/mol. The zero-order chi connectivity index (χ0) is 16.9. The zero-order valence-corrected chi connectivity index (χ0v) is 15.1. The molecule has 0 aliphatic carbocycles. The van der Waals surface area contributed by atoms with Gasteiger partial charge in [0, 0.05) is 27.1 Å². The van der Waals surface area contributed by atoms with Gasteiger partial charge in [-0.15, -0.1) is 11.8 Å². The molecule has 0 amide bonds. The number of nitrogens with one attached hydrogen (secondary N) is 1. The molecule has 122 valence electrons. The maximum atomic E-state index is 11.6. The van der Waals surface area contributed by atoms with Crippen LogP contribution in [0.1, 0.15) is 43.1 Å². The molecular weight excluding hydrogens is 314 g/mol. The first kappa shape index (κ1) is 15.5. The van der Waals surface area contributed by atoms with Crippen LogP contribution in [0, 0.1) is 0 Å². The van der Waals surface area contributed by atoms with Gasteiger partial charge in [-0.3, -0.25) is 4.79 Å². The van der Waals surface area contributed by atoms with Crippen LogP contribution in [-0.2, 0) is 5.41 Å². The molecule has 1 aliphatic rings. The van der Waals surface area contributed by atoms with Crippen molar-refractivity contribution < 1.29 is 4.79 Å². The van der Waals surface area contributed by atoms with E-state index in [1.54, 1.807) is 6.92 Å². The van der Waals surface area contributed by atoms with E-state index in [4.69, 9.17) is 0 Å². The SMILES string of the molecule is CC(=O)c1ccc2[nH]c(-c3ccc4c(c3)C(C)(C)CCS4)cc2c1. The lowest BCUT2D eigenvalue weighted by Crippen LogP contribution is -2.22. The van der Waals surface area contributed by atoms with Crippen molar-refractivity contribution in [1.29, 1.82) is 0 Å². The molecule has 24 heavy (non-hydrogen) atoms. The van der Waals surface area contributed by atoms with Gasteiger partial charge in [-0.1, -0.05) is 19.9 Å². The molecule has 2 heterocycles. The number of rotatable bonds is 2. The molecule has 4 rings (SSSR count). The number of ketones is 1. The van der Waals surface area contributed by atoms with Gasteiger partial charge >= 0.3 is 0 Å². The Labute approximate surface area is 146 Å². The minimum atomic E-state index is 0.104. The van der Waals surface area contributed by atoms with Gasteiger partial charge in [0.05, 0.1) is 0 Å². The van der Waals surface area contributed by atoms with Crippen molar-refractivity contribution in [3.63, 3.8) is 0 Å². The molecule has 0 saturated carbocycles. The molecule has 3 heteroatoms. The molecule has 0 unspecified atom stereocenters. The molecule has 2 nitrogen and oxygen atoms in total. The summed E-state index contributed by atoms with van der Waals surface area (Å²) in [5.74, 6) is 1.30. The molecule has 1 N–H and O–H groups in total.